The molecule has 0 aliphatic carbocycles. The lowest BCUT2D eigenvalue weighted by molar-refractivity contribution is -0.121. The standard InChI is InChI=1S/C10H20N2O2S/c1-8(13)11-7-12-9(14)5-4-6-10(2,3)15/h11,13,15H,1,4-7H2,2-3H3,(H,12,14). The number of carbonyl (C=O) groups is 1. The van der Waals surface area contributed by atoms with Crippen LogP contribution in [-0.2, 0) is 4.79 Å². The van der Waals surface area contributed by atoms with Crippen molar-refractivity contribution in [1.82, 2.24) is 10.6 Å². The molecule has 5 heteroatoms. The zero-order chi connectivity index (χ0) is 11.9. The molecule has 1 amide bonds. The molecule has 88 valence electrons. The van der Waals surface area contributed by atoms with E-state index in [-0.39, 0.29) is 23.2 Å². The van der Waals surface area contributed by atoms with Crippen LogP contribution in [0.3, 0.4) is 0 Å². The summed E-state index contributed by atoms with van der Waals surface area (Å²) in [5.41, 5.74) is 0. The molecule has 3 N–H and O–H groups in total. The Labute approximate surface area is 96.5 Å². The molecule has 0 aromatic rings. The minimum atomic E-state index is -0.146. The van der Waals surface area contributed by atoms with Gasteiger partial charge in [0, 0.05) is 11.2 Å². The van der Waals surface area contributed by atoms with Crippen LogP contribution < -0.4 is 10.6 Å². The topological polar surface area (TPSA) is 61.4 Å². The number of hydrogen-bond donors (Lipinski definition) is 4. The Kier molecular flexibility index (Phi) is 6.24. The van der Waals surface area contributed by atoms with E-state index in [1.54, 1.807) is 0 Å². The van der Waals surface area contributed by atoms with Gasteiger partial charge in [0.05, 0.1) is 6.67 Å². The third-order valence-electron chi connectivity index (χ3n) is 1.77. The molecule has 0 bridgehead atoms. The van der Waals surface area contributed by atoms with Crippen molar-refractivity contribution in [3.63, 3.8) is 0 Å². The number of carbonyl (C=O) groups excluding carboxylic acids is 1. The molecule has 0 aliphatic heterocycles. The number of amides is 1. The molecule has 0 aliphatic rings. The van der Waals surface area contributed by atoms with Crippen LogP contribution in [0.5, 0.6) is 0 Å². The predicted octanol–water partition coefficient (Wildman–Crippen LogP) is 1.56. The van der Waals surface area contributed by atoms with E-state index in [0.717, 1.165) is 12.8 Å². The smallest absolute Gasteiger partial charge is 0.221 e. The highest BCUT2D eigenvalue weighted by molar-refractivity contribution is 7.81. The van der Waals surface area contributed by atoms with Crippen LogP contribution in [0.25, 0.3) is 0 Å². The molecule has 4 nitrogen and oxygen atoms in total. The number of thiol groups is 1. The van der Waals surface area contributed by atoms with Gasteiger partial charge in [-0.2, -0.15) is 12.6 Å². The van der Waals surface area contributed by atoms with E-state index in [9.17, 15) is 4.79 Å². The number of hydrogen-bond acceptors (Lipinski definition) is 4. The Morgan fingerprint density at radius 1 is 1.47 bits per heavy atom. The summed E-state index contributed by atoms with van der Waals surface area (Å²) in [6.07, 6.45) is 2.18. The lowest BCUT2D eigenvalue weighted by Gasteiger charge is -2.16. The van der Waals surface area contributed by atoms with E-state index in [0.29, 0.717) is 6.42 Å². The van der Waals surface area contributed by atoms with Gasteiger partial charge in [-0.1, -0.05) is 13.8 Å². The molecule has 0 atom stereocenters. The summed E-state index contributed by atoms with van der Waals surface area (Å²) >= 11 is 4.37. The van der Waals surface area contributed by atoms with Gasteiger partial charge in [0.2, 0.25) is 5.91 Å². The Bertz CT molecular complexity index is 224. The molecule has 0 rings (SSSR count). The molecule has 15 heavy (non-hydrogen) atoms. The third kappa shape index (κ3) is 11.1. The van der Waals surface area contributed by atoms with Crippen LogP contribution in [0.2, 0.25) is 0 Å². The first-order chi connectivity index (χ1) is 6.81. The number of rotatable bonds is 7. The third-order valence-corrected chi connectivity index (χ3v) is 1.99. The molecule has 0 saturated carbocycles. The normalized spacial score (nSPS) is 10.9. The summed E-state index contributed by atoms with van der Waals surface area (Å²) in [5.74, 6) is -0.187. The largest absolute Gasteiger partial charge is 0.495 e. The van der Waals surface area contributed by atoms with Crippen LogP contribution >= 0.6 is 12.6 Å². The van der Waals surface area contributed by atoms with Crippen LogP contribution in [0.4, 0.5) is 0 Å². The molecule has 0 heterocycles. The zero-order valence-electron chi connectivity index (χ0n) is 9.34. The van der Waals surface area contributed by atoms with Crippen molar-refractivity contribution in [1.29, 1.82) is 0 Å². The summed E-state index contributed by atoms with van der Waals surface area (Å²) in [7, 11) is 0. The molecule has 0 radical (unpaired) electrons. The van der Waals surface area contributed by atoms with Gasteiger partial charge >= 0.3 is 0 Å². The summed E-state index contributed by atoms with van der Waals surface area (Å²) < 4.78 is -0.0298. The van der Waals surface area contributed by atoms with Gasteiger partial charge in [0.1, 0.15) is 0 Å². The van der Waals surface area contributed by atoms with Gasteiger partial charge in [0.25, 0.3) is 0 Å². The Balaban J connectivity index is 3.46. The molecular weight excluding hydrogens is 212 g/mol. The maximum atomic E-state index is 11.2. The van der Waals surface area contributed by atoms with Gasteiger partial charge in [-0.3, -0.25) is 4.79 Å². The second-order valence-electron chi connectivity index (χ2n) is 4.07. The molecule has 0 spiro atoms. The first-order valence-corrected chi connectivity index (χ1v) is 5.37. The van der Waals surface area contributed by atoms with Crippen LogP contribution in [0.15, 0.2) is 12.5 Å². The first kappa shape index (κ1) is 14.2. The van der Waals surface area contributed by atoms with E-state index in [4.69, 9.17) is 5.11 Å². The van der Waals surface area contributed by atoms with Gasteiger partial charge < -0.3 is 15.7 Å². The van der Waals surface area contributed by atoms with E-state index in [1.165, 1.54) is 0 Å². The highest BCUT2D eigenvalue weighted by Gasteiger charge is 2.11. The summed E-state index contributed by atoms with van der Waals surface area (Å²) in [5, 5.41) is 13.8. The Morgan fingerprint density at radius 2 is 2.07 bits per heavy atom. The average Bonchev–Trinajstić information content (AvgIpc) is 2.00. The fourth-order valence-corrected chi connectivity index (χ4v) is 1.17. The fraction of sp³-hybridized carbons (Fsp3) is 0.700. The molecule has 0 saturated heterocycles. The average molecular weight is 232 g/mol. The highest BCUT2D eigenvalue weighted by atomic mass is 32.1. The minimum Gasteiger partial charge on any atom is -0.495 e. The predicted molar refractivity (Wildman–Crippen MR) is 64.8 cm³/mol. The zero-order valence-corrected chi connectivity index (χ0v) is 10.2. The molecular formula is C10H20N2O2S. The summed E-state index contributed by atoms with van der Waals surface area (Å²) in [6, 6.07) is 0. The van der Waals surface area contributed by atoms with Crippen molar-refractivity contribution in [3.8, 4) is 0 Å². The number of aliphatic hydroxyl groups excluding tert-OH is 1. The molecule has 0 aromatic carbocycles. The van der Waals surface area contributed by atoms with Crippen molar-refractivity contribution in [3.05, 3.63) is 12.5 Å². The second-order valence-corrected chi connectivity index (χ2v) is 5.28. The highest BCUT2D eigenvalue weighted by Crippen LogP contribution is 2.19. The van der Waals surface area contributed by atoms with E-state index >= 15 is 0 Å². The molecule has 0 unspecified atom stereocenters. The maximum Gasteiger partial charge on any atom is 0.221 e. The monoisotopic (exact) mass is 232 g/mol. The van der Waals surface area contributed by atoms with Crippen LogP contribution in [0, 0.1) is 0 Å². The first-order valence-electron chi connectivity index (χ1n) is 4.92. The van der Waals surface area contributed by atoms with Crippen molar-refractivity contribution in [2.24, 2.45) is 0 Å². The van der Waals surface area contributed by atoms with Crippen LogP contribution in [0.1, 0.15) is 33.1 Å². The fourth-order valence-electron chi connectivity index (χ4n) is 1.01. The lowest BCUT2D eigenvalue weighted by atomic mass is 10.1. The summed E-state index contributed by atoms with van der Waals surface area (Å²) in [6.45, 7) is 7.47. The van der Waals surface area contributed by atoms with Crippen molar-refractivity contribution >= 4 is 18.5 Å². The number of aliphatic hydroxyl groups is 1. The molecule has 0 fully saturated rings. The van der Waals surface area contributed by atoms with E-state index < -0.39 is 0 Å². The van der Waals surface area contributed by atoms with Gasteiger partial charge in [0.15, 0.2) is 5.88 Å². The number of nitrogens with one attached hydrogen (secondary N) is 2. The molecule has 0 aromatic heterocycles. The van der Waals surface area contributed by atoms with Crippen LogP contribution in [-0.4, -0.2) is 22.4 Å². The minimum absolute atomic E-state index is 0.0298. The van der Waals surface area contributed by atoms with Crippen molar-refractivity contribution in [2.45, 2.75) is 37.9 Å². The maximum absolute atomic E-state index is 11.2. The van der Waals surface area contributed by atoms with Crippen molar-refractivity contribution in [2.75, 3.05) is 6.67 Å². The van der Waals surface area contributed by atoms with E-state index in [1.807, 2.05) is 13.8 Å². The summed E-state index contributed by atoms with van der Waals surface area (Å²) in [4.78, 5) is 11.2. The van der Waals surface area contributed by atoms with E-state index in [2.05, 4.69) is 29.8 Å². The lowest BCUT2D eigenvalue weighted by Crippen LogP contribution is -2.33. The Morgan fingerprint density at radius 3 is 2.53 bits per heavy atom. The Hall–Kier alpha value is -0.840. The van der Waals surface area contributed by atoms with Gasteiger partial charge in [-0.15, -0.1) is 0 Å². The quantitative estimate of drug-likeness (QED) is 0.306. The van der Waals surface area contributed by atoms with Crippen molar-refractivity contribution < 1.29 is 9.90 Å². The van der Waals surface area contributed by atoms with Gasteiger partial charge in [-0.05, 0) is 19.4 Å². The second kappa shape index (κ2) is 6.61. The van der Waals surface area contributed by atoms with Gasteiger partial charge in [-0.25, -0.2) is 0 Å². The SMILES string of the molecule is C=C(O)NCNC(=O)CCCC(C)(C)S.